The summed E-state index contributed by atoms with van der Waals surface area (Å²) in [6.45, 7) is 1.53. The van der Waals surface area contributed by atoms with Crippen molar-refractivity contribution in [1.82, 2.24) is 0 Å². The van der Waals surface area contributed by atoms with Crippen LogP contribution in [0, 0.1) is 0 Å². The lowest BCUT2D eigenvalue weighted by Gasteiger charge is -1.99. The second-order valence-corrected chi connectivity index (χ2v) is 6.75. The molecular weight excluding hydrogens is 348 g/mol. The highest BCUT2D eigenvalue weighted by Crippen LogP contribution is 2.09. The van der Waals surface area contributed by atoms with Crippen molar-refractivity contribution >= 4 is 5.97 Å². The van der Waals surface area contributed by atoms with Crippen molar-refractivity contribution in [2.45, 2.75) is 103 Å². The van der Waals surface area contributed by atoms with Crippen LogP contribution in [-0.2, 0) is 4.79 Å². The van der Waals surface area contributed by atoms with Gasteiger partial charge in [0.05, 0.1) is 13.2 Å². The van der Waals surface area contributed by atoms with E-state index in [0.29, 0.717) is 6.42 Å². The molecule has 0 heterocycles. The minimum Gasteiger partial charge on any atom is -0.481 e. The van der Waals surface area contributed by atoms with Gasteiger partial charge in [0.2, 0.25) is 0 Å². The van der Waals surface area contributed by atoms with E-state index >= 15 is 0 Å². The van der Waals surface area contributed by atoms with Crippen LogP contribution in [0.2, 0.25) is 0 Å². The maximum Gasteiger partial charge on any atom is 0.303 e. The van der Waals surface area contributed by atoms with Gasteiger partial charge in [0, 0.05) is 6.42 Å². The van der Waals surface area contributed by atoms with Gasteiger partial charge >= 0.3 is 5.97 Å². The van der Waals surface area contributed by atoms with E-state index in [4.69, 9.17) is 20.4 Å². The molecule has 0 aliphatic rings. The number of hydrogen-bond acceptors (Lipinski definition) is 4. The van der Waals surface area contributed by atoms with Gasteiger partial charge in [-0.1, -0.05) is 70.4 Å². The average Bonchev–Trinajstić information content (AvgIpc) is 2.64. The zero-order valence-corrected chi connectivity index (χ0v) is 17.2. The molecule has 6 heteroatoms. The van der Waals surface area contributed by atoms with E-state index < -0.39 is 12.1 Å². The van der Waals surface area contributed by atoms with E-state index in [9.17, 15) is 4.79 Å². The quantitative estimate of drug-likeness (QED) is 0.222. The van der Waals surface area contributed by atoms with Crippen LogP contribution in [0.3, 0.4) is 0 Å². The zero-order chi connectivity index (χ0) is 19.9. The summed E-state index contributed by atoms with van der Waals surface area (Å²) in [5, 5.41) is 32.5. The highest BCUT2D eigenvalue weighted by atomic mass is 16.4. The second kappa shape index (κ2) is 27.3. The fraction of sp³-hybridized carbons (Fsp3) is 0.857. The number of unbranched alkanes of at least 4 members (excludes halogenated alkanes) is 11. The molecule has 0 rings (SSSR count). The Hall–Kier alpha value is -0.950. The molecule has 0 bridgehead atoms. The Bertz CT molecular complexity index is 303. The average molecular weight is 393 g/mol. The maximum absolute atomic E-state index is 10.3. The van der Waals surface area contributed by atoms with Crippen LogP contribution in [-0.4, -0.2) is 51.2 Å². The molecule has 0 amide bonds. The molecule has 6 N–H and O–H groups in total. The SMILES string of the molecule is CCCCCCCC/C=C\CCCCCCCC(=O)O.O.OCC(O)CO. The van der Waals surface area contributed by atoms with E-state index in [0.717, 1.165) is 12.8 Å². The van der Waals surface area contributed by atoms with Gasteiger partial charge in [-0.25, -0.2) is 0 Å². The summed E-state index contributed by atoms with van der Waals surface area (Å²) in [4.78, 5) is 10.3. The lowest BCUT2D eigenvalue weighted by atomic mass is 10.1. The second-order valence-electron chi connectivity index (χ2n) is 6.75. The molecule has 164 valence electrons. The van der Waals surface area contributed by atoms with Gasteiger partial charge in [0.15, 0.2) is 0 Å². The Kier molecular flexibility index (Phi) is 31.1. The van der Waals surface area contributed by atoms with Crippen LogP contribution >= 0.6 is 0 Å². The highest BCUT2D eigenvalue weighted by Gasteiger charge is 1.96. The Morgan fingerprint density at radius 2 is 1.19 bits per heavy atom. The number of allylic oxidation sites excluding steroid dienone is 2. The summed E-state index contributed by atoms with van der Waals surface area (Å²) in [6, 6.07) is 0. The molecular formula is C21H44O6. The molecule has 0 aromatic heterocycles. The molecule has 0 aliphatic heterocycles. The molecule has 0 saturated heterocycles. The first-order valence-corrected chi connectivity index (χ1v) is 10.3. The minimum atomic E-state index is -0.954. The van der Waals surface area contributed by atoms with Gasteiger partial charge in [-0.15, -0.1) is 0 Å². The number of aliphatic hydroxyl groups is 3. The number of hydrogen-bond donors (Lipinski definition) is 4. The molecule has 0 atom stereocenters. The maximum atomic E-state index is 10.3. The van der Waals surface area contributed by atoms with Gasteiger partial charge in [-0.3, -0.25) is 4.79 Å². The summed E-state index contributed by atoms with van der Waals surface area (Å²) >= 11 is 0. The van der Waals surface area contributed by atoms with Crippen molar-refractivity contribution < 1.29 is 30.7 Å². The molecule has 0 spiro atoms. The number of aliphatic hydroxyl groups excluding tert-OH is 3. The summed E-state index contributed by atoms with van der Waals surface area (Å²) in [5.74, 6) is -0.664. The topological polar surface area (TPSA) is 129 Å². The van der Waals surface area contributed by atoms with Gasteiger partial charge in [-0.05, 0) is 32.1 Å². The van der Waals surface area contributed by atoms with E-state index in [1.54, 1.807) is 0 Å². The third kappa shape index (κ3) is 33.1. The number of carboxylic acids is 1. The van der Waals surface area contributed by atoms with Crippen molar-refractivity contribution in [3.63, 3.8) is 0 Å². The first-order valence-electron chi connectivity index (χ1n) is 10.3. The molecule has 0 aliphatic carbocycles. The van der Waals surface area contributed by atoms with Gasteiger partial charge in [0.1, 0.15) is 6.10 Å². The third-order valence-electron chi connectivity index (χ3n) is 4.07. The predicted molar refractivity (Wildman–Crippen MR) is 111 cm³/mol. The zero-order valence-electron chi connectivity index (χ0n) is 17.2. The number of aliphatic carboxylic acids is 1. The first-order chi connectivity index (χ1) is 12.6. The molecule has 6 nitrogen and oxygen atoms in total. The molecule has 0 saturated carbocycles. The summed E-state index contributed by atoms with van der Waals surface area (Å²) in [7, 11) is 0. The van der Waals surface area contributed by atoms with Crippen LogP contribution < -0.4 is 0 Å². The van der Waals surface area contributed by atoms with E-state index in [1.165, 1.54) is 70.6 Å². The van der Waals surface area contributed by atoms with Crippen LogP contribution in [0.5, 0.6) is 0 Å². The summed E-state index contributed by atoms with van der Waals surface area (Å²) < 4.78 is 0. The van der Waals surface area contributed by atoms with Crippen molar-refractivity contribution in [2.24, 2.45) is 0 Å². The van der Waals surface area contributed by atoms with Crippen molar-refractivity contribution in [3.05, 3.63) is 12.2 Å². The number of rotatable bonds is 17. The Balaban J connectivity index is -0.000000709. The van der Waals surface area contributed by atoms with Crippen LogP contribution in [0.4, 0.5) is 0 Å². The molecule has 0 radical (unpaired) electrons. The van der Waals surface area contributed by atoms with E-state index in [2.05, 4.69) is 19.1 Å². The van der Waals surface area contributed by atoms with Crippen LogP contribution in [0.25, 0.3) is 0 Å². The van der Waals surface area contributed by atoms with Gasteiger partial charge in [-0.2, -0.15) is 0 Å². The lowest BCUT2D eigenvalue weighted by Crippen LogP contribution is -2.15. The Labute approximate surface area is 165 Å². The smallest absolute Gasteiger partial charge is 0.303 e. The fourth-order valence-corrected chi connectivity index (χ4v) is 2.40. The summed E-state index contributed by atoms with van der Waals surface area (Å²) in [5.41, 5.74) is 0. The Morgan fingerprint density at radius 1 is 0.778 bits per heavy atom. The molecule has 0 aromatic carbocycles. The molecule has 27 heavy (non-hydrogen) atoms. The monoisotopic (exact) mass is 392 g/mol. The first kappa shape index (κ1) is 30.8. The van der Waals surface area contributed by atoms with Gasteiger partial charge in [0.25, 0.3) is 0 Å². The summed E-state index contributed by atoms with van der Waals surface area (Å²) in [6.07, 6.45) is 20.3. The molecule has 0 unspecified atom stereocenters. The number of carbonyl (C=O) groups is 1. The largest absolute Gasteiger partial charge is 0.481 e. The Morgan fingerprint density at radius 3 is 1.56 bits per heavy atom. The fourth-order valence-electron chi connectivity index (χ4n) is 2.40. The van der Waals surface area contributed by atoms with Crippen LogP contribution in [0.15, 0.2) is 12.2 Å². The van der Waals surface area contributed by atoms with E-state index in [-0.39, 0.29) is 18.7 Å². The standard InChI is InChI=1S/C18H34O2.C3H8O3.H2O/c1-2-3-4-5-6-7-8-9-10-11-12-13-14-15-16-17-18(19)20;4-1-3(6)2-5;/h9-10H,2-8,11-17H2,1H3,(H,19,20);3-6H,1-2H2;1H2/b10-9-;;. The minimum absolute atomic E-state index is 0. The molecule has 0 aromatic rings. The predicted octanol–water partition coefficient (Wildman–Crippen LogP) is 3.62. The van der Waals surface area contributed by atoms with E-state index in [1.807, 2.05) is 0 Å². The number of carboxylic acid groups (broad SMARTS) is 1. The van der Waals surface area contributed by atoms with Crippen molar-refractivity contribution in [1.29, 1.82) is 0 Å². The highest BCUT2D eigenvalue weighted by molar-refractivity contribution is 5.66. The van der Waals surface area contributed by atoms with Crippen molar-refractivity contribution in [3.8, 4) is 0 Å². The van der Waals surface area contributed by atoms with Crippen LogP contribution in [0.1, 0.15) is 96.8 Å². The normalized spacial score (nSPS) is 10.6. The lowest BCUT2D eigenvalue weighted by molar-refractivity contribution is -0.137. The van der Waals surface area contributed by atoms with Gasteiger partial charge < -0.3 is 25.9 Å². The molecule has 0 fully saturated rings. The van der Waals surface area contributed by atoms with Crippen molar-refractivity contribution in [2.75, 3.05) is 13.2 Å². The third-order valence-corrected chi connectivity index (χ3v) is 4.07.